The van der Waals surface area contributed by atoms with Gasteiger partial charge in [0.1, 0.15) is 0 Å². The number of piperidine rings is 1. The molecule has 2 N–H and O–H groups in total. The Morgan fingerprint density at radius 1 is 1.41 bits per heavy atom. The van der Waals surface area contributed by atoms with Crippen molar-refractivity contribution in [1.82, 2.24) is 10.6 Å². The van der Waals surface area contributed by atoms with E-state index in [9.17, 15) is 4.79 Å². The van der Waals surface area contributed by atoms with Crippen LogP contribution in [0.15, 0.2) is 0 Å². The predicted octanol–water partition coefficient (Wildman–Crippen LogP) is 2.07. The number of amides is 1. The molecule has 3 atom stereocenters. The highest BCUT2D eigenvalue weighted by molar-refractivity contribution is 5.82. The second-order valence-electron chi connectivity index (χ2n) is 5.84. The molecule has 1 heterocycles. The molecule has 2 fully saturated rings. The Balaban J connectivity index is 1.80. The summed E-state index contributed by atoms with van der Waals surface area (Å²) in [5.74, 6) is 1.59. The van der Waals surface area contributed by atoms with Crippen molar-refractivity contribution in [2.24, 2.45) is 11.8 Å². The number of nitrogens with one attached hydrogen (secondary N) is 2. The van der Waals surface area contributed by atoms with Crippen LogP contribution in [0.1, 0.15) is 52.4 Å². The fourth-order valence-electron chi connectivity index (χ4n) is 2.78. The molecule has 3 unspecified atom stereocenters. The van der Waals surface area contributed by atoms with Crippen LogP contribution in [-0.2, 0) is 4.79 Å². The van der Waals surface area contributed by atoms with Crippen LogP contribution in [0.4, 0.5) is 0 Å². The van der Waals surface area contributed by atoms with Gasteiger partial charge in [0.15, 0.2) is 0 Å². The summed E-state index contributed by atoms with van der Waals surface area (Å²) in [6, 6.07) is 0.433. The summed E-state index contributed by atoms with van der Waals surface area (Å²) in [7, 11) is 0. The van der Waals surface area contributed by atoms with E-state index in [2.05, 4.69) is 24.5 Å². The molecule has 1 saturated heterocycles. The average Bonchev–Trinajstić information content (AvgIpc) is 3.12. The van der Waals surface area contributed by atoms with Gasteiger partial charge in [0.05, 0.1) is 6.04 Å². The van der Waals surface area contributed by atoms with Gasteiger partial charge in [0.2, 0.25) is 5.91 Å². The third-order valence-corrected chi connectivity index (χ3v) is 4.21. The second kappa shape index (κ2) is 5.85. The lowest BCUT2D eigenvalue weighted by molar-refractivity contribution is -0.125. The molecule has 2 rings (SSSR count). The molecule has 0 bridgehead atoms. The minimum atomic E-state index is 0.0389. The van der Waals surface area contributed by atoms with Gasteiger partial charge in [-0.2, -0.15) is 0 Å². The van der Waals surface area contributed by atoms with Crippen LogP contribution in [0.3, 0.4) is 0 Å². The SMILES string of the molecule is CCC(CC1CC1)NC(=O)C1NCCCC1C. The molecule has 0 aromatic heterocycles. The Morgan fingerprint density at radius 2 is 2.18 bits per heavy atom. The van der Waals surface area contributed by atoms with E-state index >= 15 is 0 Å². The molecule has 2 aliphatic rings. The number of hydrogen-bond donors (Lipinski definition) is 2. The van der Waals surface area contributed by atoms with E-state index in [4.69, 9.17) is 0 Å². The number of rotatable bonds is 5. The van der Waals surface area contributed by atoms with Gasteiger partial charge in [0, 0.05) is 6.04 Å². The van der Waals surface area contributed by atoms with Crippen LogP contribution < -0.4 is 10.6 Å². The Hall–Kier alpha value is -0.570. The predicted molar refractivity (Wildman–Crippen MR) is 69.8 cm³/mol. The van der Waals surface area contributed by atoms with Crippen molar-refractivity contribution in [1.29, 1.82) is 0 Å². The lowest BCUT2D eigenvalue weighted by Gasteiger charge is -2.30. The highest BCUT2D eigenvalue weighted by atomic mass is 16.2. The summed E-state index contributed by atoms with van der Waals surface area (Å²) in [5, 5.41) is 6.59. The molecule has 1 amide bonds. The van der Waals surface area contributed by atoms with Crippen molar-refractivity contribution < 1.29 is 4.79 Å². The monoisotopic (exact) mass is 238 g/mol. The van der Waals surface area contributed by atoms with Crippen LogP contribution in [0.5, 0.6) is 0 Å². The first kappa shape index (κ1) is 12.9. The van der Waals surface area contributed by atoms with Gasteiger partial charge in [-0.1, -0.05) is 26.7 Å². The largest absolute Gasteiger partial charge is 0.352 e. The van der Waals surface area contributed by atoms with Crippen molar-refractivity contribution in [3.8, 4) is 0 Å². The lowest BCUT2D eigenvalue weighted by atomic mass is 9.92. The zero-order valence-electron chi connectivity index (χ0n) is 11.2. The smallest absolute Gasteiger partial charge is 0.237 e. The van der Waals surface area contributed by atoms with E-state index in [-0.39, 0.29) is 11.9 Å². The summed E-state index contributed by atoms with van der Waals surface area (Å²) in [6.45, 7) is 5.34. The molecule has 1 aliphatic carbocycles. The van der Waals surface area contributed by atoms with Crippen LogP contribution in [0, 0.1) is 11.8 Å². The molecular formula is C14H26N2O. The molecule has 0 aromatic rings. The summed E-state index contributed by atoms with van der Waals surface area (Å²) in [6.07, 6.45) is 7.34. The van der Waals surface area contributed by atoms with Crippen molar-refractivity contribution in [3.05, 3.63) is 0 Å². The van der Waals surface area contributed by atoms with E-state index in [0.29, 0.717) is 12.0 Å². The number of hydrogen-bond acceptors (Lipinski definition) is 2. The van der Waals surface area contributed by atoms with Crippen molar-refractivity contribution in [3.63, 3.8) is 0 Å². The molecule has 0 spiro atoms. The van der Waals surface area contributed by atoms with Gasteiger partial charge in [0.25, 0.3) is 0 Å². The van der Waals surface area contributed by atoms with Gasteiger partial charge in [-0.3, -0.25) is 4.79 Å². The fourth-order valence-corrected chi connectivity index (χ4v) is 2.78. The van der Waals surface area contributed by atoms with Gasteiger partial charge in [-0.25, -0.2) is 0 Å². The Kier molecular flexibility index (Phi) is 4.43. The van der Waals surface area contributed by atoms with Crippen LogP contribution >= 0.6 is 0 Å². The molecular weight excluding hydrogens is 212 g/mol. The summed E-state index contributed by atoms with van der Waals surface area (Å²) < 4.78 is 0. The van der Waals surface area contributed by atoms with Gasteiger partial charge in [-0.05, 0) is 44.1 Å². The zero-order chi connectivity index (χ0) is 12.3. The molecule has 0 aromatic carbocycles. The van der Waals surface area contributed by atoms with Crippen molar-refractivity contribution in [2.75, 3.05) is 6.54 Å². The van der Waals surface area contributed by atoms with E-state index in [1.165, 1.54) is 32.1 Å². The molecule has 1 saturated carbocycles. The first-order valence-electron chi connectivity index (χ1n) is 7.24. The van der Waals surface area contributed by atoms with Gasteiger partial charge >= 0.3 is 0 Å². The number of carbonyl (C=O) groups excluding carboxylic acids is 1. The summed E-state index contributed by atoms with van der Waals surface area (Å²) in [4.78, 5) is 12.2. The summed E-state index contributed by atoms with van der Waals surface area (Å²) >= 11 is 0. The van der Waals surface area contributed by atoms with Crippen LogP contribution in [0.2, 0.25) is 0 Å². The van der Waals surface area contributed by atoms with Crippen molar-refractivity contribution >= 4 is 5.91 Å². The van der Waals surface area contributed by atoms with E-state index in [0.717, 1.165) is 18.9 Å². The van der Waals surface area contributed by atoms with Gasteiger partial charge in [-0.15, -0.1) is 0 Å². The highest BCUT2D eigenvalue weighted by Crippen LogP contribution is 2.34. The van der Waals surface area contributed by atoms with Crippen LogP contribution in [0.25, 0.3) is 0 Å². The standard InChI is InChI=1S/C14H26N2O/c1-3-12(9-11-6-7-11)16-14(17)13-10(2)5-4-8-15-13/h10-13,15H,3-9H2,1-2H3,(H,16,17). The Morgan fingerprint density at radius 3 is 2.76 bits per heavy atom. The maximum Gasteiger partial charge on any atom is 0.237 e. The number of carbonyl (C=O) groups is 1. The molecule has 3 heteroatoms. The molecule has 1 aliphatic heterocycles. The van der Waals surface area contributed by atoms with E-state index < -0.39 is 0 Å². The summed E-state index contributed by atoms with van der Waals surface area (Å²) in [5.41, 5.74) is 0. The third kappa shape index (κ3) is 3.70. The molecule has 3 nitrogen and oxygen atoms in total. The van der Waals surface area contributed by atoms with E-state index in [1.54, 1.807) is 0 Å². The van der Waals surface area contributed by atoms with Gasteiger partial charge < -0.3 is 10.6 Å². The maximum atomic E-state index is 12.2. The first-order chi connectivity index (χ1) is 8.20. The first-order valence-corrected chi connectivity index (χ1v) is 7.24. The van der Waals surface area contributed by atoms with Crippen LogP contribution in [-0.4, -0.2) is 24.5 Å². The minimum Gasteiger partial charge on any atom is -0.352 e. The Labute approximate surface area is 105 Å². The highest BCUT2D eigenvalue weighted by Gasteiger charge is 2.30. The average molecular weight is 238 g/mol. The maximum absolute atomic E-state index is 12.2. The quantitative estimate of drug-likeness (QED) is 0.770. The van der Waals surface area contributed by atoms with E-state index in [1.807, 2.05) is 0 Å². The van der Waals surface area contributed by atoms with Crippen molar-refractivity contribution in [2.45, 2.75) is 64.5 Å². The molecule has 98 valence electrons. The molecule has 0 radical (unpaired) electrons. The zero-order valence-corrected chi connectivity index (χ0v) is 11.2. The topological polar surface area (TPSA) is 41.1 Å². The second-order valence-corrected chi connectivity index (χ2v) is 5.84. The lowest BCUT2D eigenvalue weighted by Crippen LogP contribution is -2.53. The Bertz CT molecular complexity index is 263. The molecule has 17 heavy (non-hydrogen) atoms. The fraction of sp³-hybridized carbons (Fsp3) is 0.929. The normalized spacial score (nSPS) is 30.9. The third-order valence-electron chi connectivity index (χ3n) is 4.21. The minimum absolute atomic E-state index is 0.0389.